The lowest BCUT2D eigenvalue weighted by Gasteiger charge is -2.38. The first-order valence-corrected chi connectivity index (χ1v) is 11.7. The van der Waals surface area contributed by atoms with Crippen molar-refractivity contribution in [3.63, 3.8) is 0 Å². The van der Waals surface area contributed by atoms with Crippen LogP contribution in [-0.2, 0) is 15.6 Å². The Morgan fingerprint density at radius 1 is 0.613 bits per heavy atom. The molecule has 0 fully saturated rings. The maximum absolute atomic E-state index is 6.49. The molecule has 31 heavy (non-hydrogen) atoms. The van der Waals surface area contributed by atoms with Gasteiger partial charge in [-0.2, -0.15) is 0 Å². The van der Waals surface area contributed by atoms with Gasteiger partial charge in [0.15, 0.2) is 0 Å². The van der Waals surface area contributed by atoms with Crippen molar-refractivity contribution in [1.29, 1.82) is 0 Å². The van der Waals surface area contributed by atoms with Crippen LogP contribution >= 0.6 is 0 Å². The van der Waals surface area contributed by atoms with Gasteiger partial charge in [0.2, 0.25) is 0 Å². The van der Waals surface area contributed by atoms with E-state index >= 15 is 0 Å². The standard InChI is InChI=1S/C28H42O3/c1-9-30-25-15-11-23(12-16-25)27(7,21(3)4)19-29-20-28(8,22(5)6)24-13-17-26(18-14-24)31-10-2/h11-18,21-22H,9-10,19-20H2,1-8H3. The zero-order valence-corrected chi connectivity index (χ0v) is 20.8. The molecular weight excluding hydrogens is 384 g/mol. The van der Waals surface area contributed by atoms with Gasteiger partial charge in [-0.25, -0.2) is 0 Å². The zero-order chi connectivity index (χ0) is 23.1. The van der Waals surface area contributed by atoms with Crippen molar-refractivity contribution in [2.75, 3.05) is 26.4 Å². The Labute approximate surface area is 190 Å². The van der Waals surface area contributed by atoms with Crippen molar-refractivity contribution in [3.8, 4) is 11.5 Å². The van der Waals surface area contributed by atoms with Gasteiger partial charge >= 0.3 is 0 Å². The van der Waals surface area contributed by atoms with Crippen LogP contribution in [0.3, 0.4) is 0 Å². The summed E-state index contributed by atoms with van der Waals surface area (Å²) >= 11 is 0. The molecule has 3 nitrogen and oxygen atoms in total. The molecule has 2 rings (SSSR count). The van der Waals surface area contributed by atoms with E-state index in [1.54, 1.807) is 0 Å². The molecule has 0 aliphatic rings. The monoisotopic (exact) mass is 426 g/mol. The second-order valence-corrected chi connectivity index (χ2v) is 9.55. The molecule has 0 saturated carbocycles. The fourth-order valence-electron chi connectivity index (χ4n) is 3.84. The molecule has 0 amide bonds. The minimum absolute atomic E-state index is 0.0680. The third-order valence-electron chi connectivity index (χ3n) is 7.00. The first-order valence-electron chi connectivity index (χ1n) is 11.7. The van der Waals surface area contributed by atoms with Gasteiger partial charge in [-0.05, 0) is 61.1 Å². The molecule has 0 bridgehead atoms. The number of hydrogen-bond acceptors (Lipinski definition) is 3. The molecule has 2 atom stereocenters. The van der Waals surface area contributed by atoms with Gasteiger partial charge < -0.3 is 14.2 Å². The Bertz CT molecular complexity index is 711. The van der Waals surface area contributed by atoms with E-state index in [0.717, 1.165) is 11.5 Å². The molecule has 3 heteroatoms. The SMILES string of the molecule is CCOc1ccc(C(C)(COCC(C)(c2ccc(OCC)cc2)C(C)C)C(C)C)cc1. The molecule has 0 aliphatic carbocycles. The van der Waals surface area contributed by atoms with Crippen LogP contribution in [0.1, 0.15) is 66.5 Å². The molecule has 2 unspecified atom stereocenters. The van der Waals surface area contributed by atoms with Gasteiger partial charge in [-0.1, -0.05) is 65.8 Å². The van der Waals surface area contributed by atoms with Crippen LogP contribution in [0.25, 0.3) is 0 Å². The van der Waals surface area contributed by atoms with Crippen molar-refractivity contribution in [1.82, 2.24) is 0 Å². The average molecular weight is 427 g/mol. The molecule has 0 spiro atoms. The highest BCUT2D eigenvalue weighted by Gasteiger charge is 2.35. The topological polar surface area (TPSA) is 27.7 Å². The van der Waals surface area contributed by atoms with E-state index < -0.39 is 0 Å². The third kappa shape index (κ3) is 6.04. The van der Waals surface area contributed by atoms with Crippen molar-refractivity contribution >= 4 is 0 Å². The Morgan fingerprint density at radius 2 is 0.935 bits per heavy atom. The lowest BCUT2D eigenvalue weighted by molar-refractivity contribution is 0.0271. The van der Waals surface area contributed by atoms with Gasteiger partial charge in [-0.15, -0.1) is 0 Å². The molecule has 2 aromatic carbocycles. The number of ether oxygens (including phenoxy) is 3. The summed E-state index contributed by atoms with van der Waals surface area (Å²) in [5.41, 5.74) is 2.44. The molecular formula is C28H42O3. The van der Waals surface area contributed by atoms with E-state index in [9.17, 15) is 0 Å². The maximum atomic E-state index is 6.49. The van der Waals surface area contributed by atoms with Crippen LogP contribution in [-0.4, -0.2) is 26.4 Å². The highest BCUT2D eigenvalue weighted by atomic mass is 16.5. The molecule has 2 aromatic rings. The number of hydrogen-bond donors (Lipinski definition) is 0. The maximum Gasteiger partial charge on any atom is 0.119 e. The summed E-state index contributed by atoms with van der Waals surface area (Å²) in [5, 5.41) is 0. The summed E-state index contributed by atoms with van der Waals surface area (Å²) in [6.07, 6.45) is 0. The fraction of sp³-hybridized carbons (Fsp3) is 0.571. The minimum Gasteiger partial charge on any atom is -0.494 e. The summed E-state index contributed by atoms with van der Waals surface area (Å²) in [6.45, 7) is 20.4. The molecule has 0 aliphatic heterocycles. The normalized spacial score (nSPS) is 15.5. The van der Waals surface area contributed by atoms with Gasteiger partial charge in [0.25, 0.3) is 0 Å². The van der Waals surface area contributed by atoms with E-state index in [0.29, 0.717) is 38.3 Å². The highest BCUT2D eigenvalue weighted by molar-refractivity contribution is 5.34. The van der Waals surface area contributed by atoms with E-state index in [-0.39, 0.29) is 10.8 Å². The first kappa shape index (κ1) is 25.3. The van der Waals surface area contributed by atoms with E-state index in [1.165, 1.54) is 11.1 Å². The van der Waals surface area contributed by atoms with Gasteiger partial charge in [0.05, 0.1) is 26.4 Å². The molecule has 172 valence electrons. The Kier molecular flexibility index (Phi) is 9.00. The second kappa shape index (κ2) is 11.0. The number of rotatable bonds is 12. The lowest BCUT2D eigenvalue weighted by atomic mass is 9.73. The zero-order valence-electron chi connectivity index (χ0n) is 20.8. The lowest BCUT2D eigenvalue weighted by Crippen LogP contribution is -2.39. The largest absolute Gasteiger partial charge is 0.494 e. The summed E-state index contributed by atoms with van der Waals surface area (Å²) < 4.78 is 17.7. The van der Waals surface area contributed by atoms with Crippen LogP contribution in [0.15, 0.2) is 48.5 Å². The summed E-state index contributed by atoms with van der Waals surface area (Å²) in [7, 11) is 0. The van der Waals surface area contributed by atoms with E-state index in [4.69, 9.17) is 14.2 Å². The first-order chi connectivity index (χ1) is 14.7. The second-order valence-electron chi connectivity index (χ2n) is 9.55. The Balaban J connectivity index is 2.16. The predicted molar refractivity (Wildman–Crippen MR) is 130 cm³/mol. The van der Waals surface area contributed by atoms with Crippen molar-refractivity contribution < 1.29 is 14.2 Å². The molecule has 0 saturated heterocycles. The van der Waals surface area contributed by atoms with E-state index in [1.807, 2.05) is 13.8 Å². The van der Waals surface area contributed by atoms with Gasteiger partial charge in [0.1, 0.15) is 11.5 Å². The quantitative estimate of drug-likeness (QED) is 0.365. The van der Waals surface area contributed by atoms with Crippen molar-refractivity contribution in [3.05, 3.63) is 59.7 Å². The van der Waals surface area contributed by atoms with Crippen LogP contribution in [0.2, 0.25) is 0 Å². The minimum atomic E-state index is -0.0680. The highest BCUT2D eigenvalue weighted by Crippen LogP contribution is 2.37. The van der Waals surface area contributed by atoms with Crippen molar-refractivity contribution in [2.24, 2.45) is 11.8 Å². The Hall–Kier alpha value is -2.00. The molecule has 0 N–H and O–H groups in total. The molecule has 0 radical (unpaired) electrons. The molecule has 0 aromatic heterocycles. The predicted octanol–water partition coefficient (Wildman–Crippen LogP) is 7.03. The Morgan fingerprint density at radius 3 is 1.19 bits per heavy atom. The van der Waals surface area contributed by atoms with Gasteiger partial charge in [0, 0.05) is 10.8 Å². The smallest absolute Gasteiger partial charge is 0.119 e. The summed E-state index contributed by atoms with van der Waals surface area (Å²) in [4.78, 5) is 0. The van der Waals surface area contributed by atoms with Crippen LogP contribution < -0.4 is 9.47 Å². The van der Waals surface area contributed by atoms with Gasteiger partial charge in [-0.3, -0.25) is 0 Å². The third-order valence-corrected chi connectivity index (χ3v) is 7.00. The van der Waals surface area contributed by atoms with Crippen molar-refractivity contribution in [2.45, 2.75) is 66.2 Å². The fourth-order valence-corrected chi connectivity index (χ4v) is 3.84. The van der Waals surface area contributed by atoms with Crippen LogP contribution in [0, 0.1) is 11.8 Å². The van der Waals surface area contributed by atoms with Crippen LogP contribution in [0.5, 0.6) is 11.5 Å². The molecule has 0 heterocycles. The summed E-state index contributed by atoms with van der Waals surface area (Å²) in [5.74, 6) is 2.73. The average Bonchev–Trinajstić information content (AvgIpc) is 2.74. The summed E-state index contributed by atoms with van der Waals surface area (Å²) in [6, 6.07) is 17.0. The van der Waals surface area contributed by atoms with Crippen LogP contribution in [0.4, 0.5) is 0 Å². The van der Waals surface area contributed by atoms with E-state index in [2.05, 4.69) is 90.1 Å². The number of benzene rings is 2.